The summed E-state index contributed by atoms with van der Waals surface area (Å²) in [5.74, 6) is 0.627. The van der Waals surface area contributed by atoms with E-state index in [2.05, 4.69) is 10.1 Å². The number of hydrogen-bond acceptors (Lipinski definition) is 7. The van der Waals surface area contributed by atoms with E-state index in [1.807, 2.05) is 6.92 Å². The molecule has 0 saturated carbocycles. The summed E-state index contributed by atoms with van der Waals surface area (Å²) in [6, 6.07) is 0. The maximum absolute atomic E-state index is 12.6. The molecular formula is C13H19N5O5S. The Morgan fingerprint density at radius 3 is 2.58 bits per heavy atom. The number of nitrogens with zero attached hydrogens (tertiary/aromatic N) is 5. The van der Waals surface area contributed by atoms with Crippen molar-refractivity contribution in [3.63, 3.8) is 0 Å². The normalized spacial score (nSPS) is 12.0. The zero-order chi connectivity index (χ0) is 18.1. The predicted molar refractivity (Wildman–Crippen MR) is 83.9 cm³/mol. The van der Waals surface area contributed by atoms with Crippen molar-refractivity contribution < 1.29 is 12.9 Å². The standard InChI is InChI=1S/C13H19N5O5S/c1-5-6-10-14-11(23-15-10)8-17(3)24(21,22)9-7-16(2)13(20)18(4)12(9)19/h7H,5-6,8H2,1-4H3. The SMILES string of the molecule is CCCc1noc(CN(C)S(=O)(=O)c2cn(C)c(=O)n(C)c2=O)n1. The third kappa shape index (κ3) is 3.31. The molecule has 0 spiro atoms. The van der Waals surface area contributed by atoms with Crippen LogP contribution in [0.15, 0.2) is 25.2 Å². The molecule has 0 aliphatic carbocycles. The van der Waals surface area contributed by atoms with Crippen LogP contribution in [-0.2, 0) is 37.1 Å². The average molecular weight is 357 g/mol. The van der Waals surface area contributed by atoms with Crippen LogP contribution < -0.4 is 11.2 Å². The average Bonchev–Trinajstić information content (AvgIpc) is 2.96. The first-order valence-corrected chi connectivity index (χ1v) is 8.67. The van der Waals surface area contributed by atoms with Gasteiger partial charge in [0.1, 0.15) is 0 Å². The van der Waals surface area contributed by atoms with Crippen molar-refractivity contribution in [3.8, 4) is 0 Å². The molecule has 0 aliphatic rings. The molecule has 0 N–H and O–H groups in total. The lowest BCUT2D eigenvalue weighted by Crippen LogP contribution is -2.41. The minimum absolute atomic E-state index is 0.131. The Morgan fingerprint density at radius 2 is 1.96 bits per heavy atom. The van der Waals surface area contributed by atoms with Crippen LogP contribution in [0.25, 0.3) is 0 Å². The summed E-state index contributed by atoms with van der Waals surface area (Å²) in [6.07, 6.45) is 2.47. The van der Waals surface area contributed by atoms with Gasteiger partial charge in [-0.05, 0) is 6.42 Å². The molecule has 0 fully saturated rings. The van der Waals surface area contributed by atoms with Crippen molar-refractivity contribution in [1.82, 2.24) is 23.6 Å². The molecule has 10 nitrogen and oxygen atoms in total. The van der Waals surface area contributed by atoms with E-state index in [0.717, 1.165) is 26.1 Å². The summed E-state index contributed by atoms with van der Waals surface area (Å²) in [5.41, 5.74) is -1.50. The Labute approximate surface area is 138 Å². The molecule has 2 aromatic rings. The highest BCUT2D eigenvalue weighted by molar-refractivity contribution is 7.89. The van der Waals surface area contributed by atoms with Gasteiger partial charge >= 0.3 is 5.69 Å². The molecule has 0 radical (unpaired) electrons. The first-order chi connectivity index (χ1) is 11.2. The second-order valence-electron chi connectivity index (χ2n) is 5.37. The number of aryl methyl sites for hydroxylation is 2. The Hall–Kier alpha value is -2.27. The van der Waals surface area contributed by atoms with Gasteiger partial charge < -0.3 is 9.09 Å². The van der Waals surface area contributed by atoms with Gasteiger partial charge in [-0.25, -0.2) is 13.2 Å². The fourth-order valence-electron chi connectivity index (χ4n) is 2.07. The van der Waals surface area contributed by atoms with Crippen LogP contribution in [0.3, 0.4) is 0 Å². The molecule has 0 amide bonds. The highest BCUT2D eigenvalue weighted by Gasteiger charge is 2.27. The van der Waals surface area contributed by atoms with Crippen molar-refractivity contribution in [2.45, 2.75) is 31.2 Å². The van der Waals surface area contributed by atoms with E-state index in [4.69, 9.17) is 4.52 Å². The molecular weight excluding hydrogens is 338 g/mol. The summed E-state index contributed by atoms with van der Waals surface area (Å²) in [5, 5.41) is 3.75. The lowest BCUT2D eigenvalue weighted by Gasteiger charge is -2.15. The molecule has 2 rings (SSSR count). The maximum Gasteiger partial charge on any atom is 0.330 e. The van der Waals surface area contributed by atoms with Gasteiger partial charge in [-0.15, -0.1) is 0 Å². The number of rotatable bonds is 6. The van der Waals surface area contributed by atoms with Crippen LogP contribution in [0.1, 0.15) is 25.1 Å². The van der Waals surface area contributed by atoms with E-state index in [-0.39, 0.29) is 12.4 Å². The molecule has 0 bridgehead atoms. The van der Waals surface area contributed by atoms with E-state index < -0.39 is 26.2 Å². The third-order valence-corrected chi connectivity index (χ3v) is 5.23. The van der Waals surface area contributed by atoms with Gasteiger partial charge in [0.15, 0.2) is 10.7 Å². The first kappa shape index (κ1) is 18.1. The van der Waals surface area contributed by atoms with Crippen molar-refractivity contribution >= 4 is 10.0 Å². The van der Waals surface area contributed by atoms with Crippen LogP contribution in [0.4, 0.5) is 0 Å². The molecule has 132 valence electrons. The monoisotopic (exact) mass is 357 g/mol. The largest absolute Gasteiger partial charge is 0.338 e. The van der Waals surface area contributed by atoms with Crippen LogP contribution in [0.5, 0.6) is 0 Å². The second-order valence-corrected chi connectivity index (χ2v) is 7.38. The lowest BCUT2D eigenvalue weighted by atomic mass is 10.3. The summed E-state index contributed by atoms with van der Waals surface area (Å²) in [7, 11) is -0.233. The van der Waals surface area contributed by atoms with Crippen LogP contribution >= 0.6 is 0 Å². The van der Waals surface area contributed by atoms with Gasteiger partial charge in [0, 0.05) is 33.8 Å². The van der Waals surface area contributed by atoms with Gasteiger partial charge in [0.25, 0.3) is 5.56 Å². The zero-order valence-corrected chi connectivity index (χ0v) is 14.7. The second kappa shape index (κ2) is 6.69. The molecule has 0 atom stereocenters. The fourth-order valence-corrected chi connectivity index (χ4v) is 3.34. The molecule has 0 aromatic carbocycles. The van der Waals surface area contributed by atoms with Crippen molar-refractivity contribution in [3.05, 3.63) is 38.8 Å². The van der Waals surface area contributed by atoms with Gasteiger partial charge in [-0.1, -0.05) is 12.1 Å². The molecule has 24 heavy (non-hydrogen) atoms. The fraction of sp³-hybridized carbons (Fsp3) is 0.538. The van der Waals surface area contributed by atoms with Gasteiger partial charge in [0.05, 0.1) is 6.54 Å². The minimum atomic E-state index is -4.12. The summed E-state index contributed by atoms with van der Waals surface area (Å²) in [6.45, 7) is 1.78. The van der Waals surface area contributed by atoms with Crippen LogP contribution in [-0.4, -0.2) is 39.0 Å². The van der Waals surface area contributed by atoms with Crippen LogP contribution in [0, 0.1) is 0 Å². The topological polar surface area (TPSA) is 120 Å². The van der Waals surface area contributed by atoms with Crippen LogP contribution in [0.2, 0.25) is 0 Å². The summed E-state index contributed by atoms with van der Waals surface area (Å²) < 4.78 is 32.9. The summed E-state index contributed by atoms with van der Waals surface area (Å²) in [4.78, 5) is 27.4. The number of sulfonamides is 1. The molecule has 0 aliphatic heterocycles. The molecule has 11 heteroatoms. The molecule has 0 saturated heterocycles. The Kier molecular flexibility index (Phi) is 5.04. The Morgan fingerprint density at radius 1 is 1.29 bits per heavy atom. The molecule has 0 unspecified atom stereocenters. The third-order valence-electron chi connectivity index (χ3n) is 3.44. The van der Waals surface area contributed by atoms with Crippen molar-refractivity contribution in [2.24, 2.45) is 14.1 Å². The molecule has 2 heterocycles. The minimum Gasteiger partial charge on any atom is -0.338 e. The van der Waals surface area contributed by atoms with E-state index in [0.29, 0.717) is 12.2 Å². The van der Waals surface area contributed by atoms with Crippen molar-refractivity contribution in [2.75, 3.05) is 7.05 Å². The highest BCUT2D eigenvalue weighted by atomic mass is 32.2. The predicted octanol–water partition coefficient (Wildman–Crippen LogP) is -0.760. The highest BCUT2D eigenvalue weighted by Crippen LogP contribution is 2.12. The lowest BCUT2D eigenvalue weighted by molar-refractivity contribution is 0.333. The van der Waals surface area contributed by atoms with Gasteiger partial charge in [-0.2, -0.15) is 9.29 Å². The molecule has 2 aromatic heterocycles. The van der Waals surface area contributed by atoms with E-state index in [1.165, 1.54) is 21.1 Å². The first-order valence-electron chi connectivity index (χ1n) is 7.23. The Bertz CT molecular complexity index is 956. The van der Waals surface area contributed by atoms with E-state index >= 15 is 0 Å². The summed E-state index contributed by atoms with van der Waals surface area (Å²) >= 11 is 0. The number of hydrogen-bond donors (Lipinski definition) is 0. The van der Waals surface area contributed by atoms with E-state index in [9.17, 15) is 18.0 Å². The van der Waals surface area contributed by atoms with Crippen molar-refractivity contribution in [1.29, 1.82) is 0 Å². The zero-order valence-electron chi connectivity index (χ0n) is 13.9. The Balaban J connectivity index is 2.36. The van der Waals surface area contributed by atoms with E-state index in [1.54, 1.807) is 0 Å². The number of aromatic nitrogens is 4. The smallest absolute Gasteiger partial charge is 0.330 e. The van der Waals surface area contributed by atoms with Gasteiger partial charge in [-0.3, -0.25) is 9.36 Å². The maximum atomic E-state index is 12.6. The quantitative estimate of drug-likeness (QED) is 0.666. The van der Waals surface area contributed by atoms with Gasteiger partial charge in [0.2, 0.25) is 15.9 Å².